The SMILES string of the molecule is CN=C(NCCCC(=O)N1CCc2cc(OC)c(OC)cc2C1)NCc1cccs1. The van der Waals surface area contributed by atoms with Gasteiger partial charge in [-0.1, -0.05) is 6.07 Å². The molecule has 0 spiro atoms. The number of carbonyl (C=O) groups excluding carboxylic acids is 1. The standard InChI is InChI=1S/C22H30N4O3S/c1-23-22(25-14-18-6-5-11-30-18)24-9-4-7-21(27)26-10-8-16-12-19(28-2)20(29-3)13-17(16)15-26/h5-6,11-13H,4,7-10,14-15H2,1-3H3,(H2,23,24,25). The Balaban J connectivity index is 1.43. The molecule has 30 heavy (non-hydrogen) atoms. The number of methoxy groups -OCH3 is 2. The van der Waals surface area contributed by atoms with Gasteiger partial charge in [0, 0.05) is 38.0 Å². The summed E-state index contributed by atoms with van der Waals surface area (Å²) in [6.07, 6.45) is 2.10. The van der Waals surface area contributed by atoms with E-state index < -0.39 is 0 Å². The highest BCUT2D eigenvalue weighted by Crippen LogP contribution is 2.33. The Hall–Kier alpha value is -2.74. The van der Waals surface area contributed by atoms with E-state index in [0.717, 1.165) is 43.2 Å². The number of aliphatic imine (C=N–C) groups is 1. The Morgan fingerprint density at radius 3 is 2.63 bits per heavy atom. The van der Waals surface area contributed by atoms with Crippen molar-refractivity contribution in [2.45, 2.75) is 32.4 Å². The molecule has 0 saturated heterocycles. The summed E-state index contributed by atoms with van der Waals surface area (Å²) in [6.45, 7) is 2.80. The topological polar surface area (TPSA) is 75.2 Å². The second kappa shape index (κ2) is 10.9. The van der Waals surface area contributed by atoms with Gasteiger partial charge in [0.05, 0.1) is 20.8 Å². The van der Waals surface area contributed by atoms with E-state index in [4.69, 9.17) is 9.47 Å². The summed E-state index contributed by atoms with van der Waals surface area (Å²) < 4.78 is 10.8. The summed E-state index contributed by atoms with van der Waals surface area (Å²) in [6, 6.07) is 8.13. The normalized spacial score (nSPS) is 13.6. The minimum absolute atomic E-state index is 0.179. The number of nitrogens with zero attached hydrogens (tertiary/aromatic N) is 2. The fraction of sp³-hybridized carbons (Fsp3) is 0.455. The van der Waals surface area contributed by atoms with E-state index in [1.807, 2.05) is 23.1 Å². The molecule has 1 aromatic heterocycles. The van der Waals surface area contributed by atoms with Gasteiger partial charge in [-0.25, -0.2) is 0 Å². The molecule has 1 aliphatic heterocycles. The lowest BCUT2D eigenvalue weighted by atomic mass is 9.98. The van der Waals surface area contributed by atoms with Crippen molar-refractivity contribution < 1.29 is 14.3 Å². The van der Waals surface area contributed by atoms with E-state index in [1.165, 1.54) is 10.4 Å². The number of hydrogen-bond donors (Lipinski definition) is 2. The Morgan fingerprint density at radius 2 is 1.97 bits per heavy atom. The molecule has 2 N–H and O–H groups in total. The maximum absolute atomic E-state index is 12.7. The molecule has 7 nitrogen and oxygen atoms in total. The molecular weight excluding hydrogens is 400 g/mol. The van der Waals surface area contributed by atoms with E-state index in [2.05, 4.69) is 27.1 Å². The fourth-order valence-corrected chi connectivity index (χ4v) is 4.15. The average Bonchev–Trinajstić information content (AvgIpc) is 3.30. The van der Waals surface area contributed by atoms with Gasteiger partial charge >= 0.3 is 0 Å². The van der Waals surface area contributed by atoms with Crippen molar-refractivity contribution in [3.8, 4) is 11.5 Å². The Labute approximate surface area is 182 Å². The molecule has 0 atom stereocenters. The van der Waals surface area contributed by atoms with Crippen molar-refractivity contribution in [1.29, 1.82) is 0 Å². The number of carbonyl (C=O) groups is 1. The van der Waals surface area contributed by atoms with Gasteiger partial charge in [0.15, 0.2) is 17.5 Å². The molecule has 0 fully saturated rings. The minimum Gasteiger partial charge on any atom is -0.493 e. The van der Waals surface area contributed by atoms with Crippen molar-refractivity contribution in [2.75, 3.05) is 34.4 Å². The van der Waals surface area contributed by atoms with Crippen LogP contribution in [0, 0.1) is 0 Å². The van der Waals surface area contributed by atoms with E-state index in [-0.39, 0.29) is 5.91 Å². The maximum Gasteiger partial charge on any atom is 0.222 e. The van der Waals surface area contributed by atoms with Gasteiger partial charge in [-0.3, -0.25) is 9.79 Å². The van der Waals surface area contributed by atoms with Crippen LogP contribution in [0.1, 0.15) is 28.8 Å². The second-order valence-electron chi connectivity index (χ2n) is 7.08. The van der Waals surface area contributed by atoms with Crippen LogP contribution in [0.4, 0.5) is 0 Å². The highest BCUT2D eigenvalue weighted by Gasteiger charge is 2.22. The molecule has 1 aliphatic rings. The molecule has 0 bridgehead atoms. The number of rotatable bonds is 8. The van der Waals surface area contributed by atoms with Crippen molar-refractivity contribution in [3.63, 3.8) is 0 Å². The molecule has 1 aromatic carbocycles. The summed E-state index contributed by atoms with van der Waals surface area (Å²) in [5, 5.41) is 8.62. The maximum atomic E-state index is 12.7. The zero-order valence-corrected chi connectivity index (χ0v) is 18.7. The van der Waals surface area contributed by atoms with Crippen LogP contribution in [-0.2, 0) is 24.3 Å². The first-order chi connectivity index (χ1) is 14.6. The van der Waals surface area contributed by atoms with Crippen LogP contribution in [-0.4, -0.2) is 51.1 Å². The summed E-state index contributed by atoms with van der Waals surface area (Å²) >= 11 is 1.71. The first-order valence-corrected chi connectivity index (χ1v) is 11.0. The van der Waals surface area contributed by atoms with E-state index in [1.54, 1.807) is 32.6 Å². The smallest absolute Gasteiger partial charge is 0.222 e. The minimum atomic E-state index is 0.179. The second-order valence-corrected chi connectivity index (χ2v) is 8.11. The lowest BCUT2D eigenvalue weighted by Gasteiger charge is -2.29. The van der Waals surface area contributed by atoms with Crippen LogP contribution < -0.4 is 20.1 Å². The highest BCUT2D eigenvalue weighted by atomic mass is 32.1. The van der Waals surface area contributed by atoms with Crippen LogP contribution in [0.15, 0.2) is 34.6 Å². The van der Waals surface area contributed by atoms with Gasteiger partial charge in [-0.05, 0) is 47.5 Å². The molecule has 1 amide bonds. The van der Waals surface area contributed by atoms with Gasteiger partial charge in [-0.2, -0.15) is 0 Å². The van der Waals surface area contributed by atoms with Crippen LogP contribution in [0.3, 0.4) is 0 Å². The number of guanidine groups is 1. The van der Waals surface area contributed by atoms with Crippen molar-refractivity contribution in [2.24, 2.45) is 4.99 Å². The molecule has 0 unspecified atom stereocenters. The first-order valence-electron chi connectivity index (χ1n) is 10.1. The highest BCUT2D eigenvalue weighted by molar-refractivity contribution is 7.09. The fourth-order valence-electron chi connectivity index (χ4n) is 3.51. The number of fused-ring (bicyclic) bond motifs is 1. The number of thiophene rings is 1. The Morgan fingerprint density at radius 1 is 1.20 bits per heavy atom. The number of nitrogens with one attached hydrogen (secondary N) is 2. The van der Waals surface area contributed by atoms with Crippen LogP contribution in [0.25, 0.3) is 0 Å². The quantitative estimate of drug-likeness (QED) is 0.383. The zero-order chi connectivity index (χ0) is 21.3. The molecule has 3 rings (SSSR count). The monoisotopic (exact) mass is 430 g/mol. The number of ether oxygens (including phenoxy) is 2. The number of amides is 1. The van der Waals surface area contributed by atoms with Gasteiger partial charge in [0.1, 0.15) is 0 Å². The lowest BCUT2D eigenvalue weighted by Crippen LogP contribution is -2.38. The van der Waals surface area contributed by atoms with Crippen LogP contribution in [0.2, 0.25) is 0 Å². The van der Waals surface area contributed by atoms with Crippen molar-refractivity contribution in [3.05, 3.63) is 45.6 Å². The first kappa shape index (κ1) is 22.0. The predicted molar refractivity (Wildman–Crippen MR) is 120 cm³/mol. The van der Waals surface area contributed by atoms with Crippen molar-refractivity contribution in [1.82, 2.24) is 15.5 Å². The third kappa shape index (κ3) is 5.66. The Bertz CT molecular complexity index is 868. The molecule has 2 aromatic rings. The summed E-state index contributed by atoms with van der Waals surface area (Å²) in [5.41, 5.74) is 2.35. The number of benzene rings is 1. The third-order valence-electron chi connectivity index (χ3n) is 5.16. The van der Waals surface area contributed by atoms with E-state index >= 15 is 0 Å². The van der Waals surface area contributed by atoms with Gasteiger partial charge in [0.25, 0.3) is 0 Å². The average molecular weight is 431 g/mol. The molecule has 0 saturated carbocycles. The lowest BCUT2D eigenvalue weighted by molar-refractivity contribution is -0.132. The van der Waals surface area contributed by atoms with Gasteiger partial charge in [-0.15, -0.1) is 11.3 Å². The zero-order valence-electron chi connectivity index (χ0n) is 17.9. The predicted octanol–water partition coefficient (Wildman–Crippen LogP) is 2.80. The van der Waals surface area contributed by atoms with E-state index in [0.29, 0.717) is 25.3 Å². The third-order valence-corrected chi connectivity index (χ3v) is 6.04. The molecule has 0 radical (unpaired) electrons. The van der Waals surface area contributed by atoms with Gasteiger partial charge in [0.2, 0.25) is 5.91 Å². The largest absolute Gasteiger partial charge is 0.493 e. The number of hydrogen-bond acceptors (Lipinski definition) is 5. The molecule has 0 aliphatic carbocycles. The van der Waals surface area contributed by atoms with Crippen LogP contribution >= 0.6 is 11.3 Å². The van der Waals surface area contributed by atoms with Gasteiger partial charge < -0.3 is 25.0 Å². The molecule has 162 valence electrons. The molecule has 8 heteroatoms. The van der Waals surface area contributed by atoms with Crippen LogP contribution in [0.5, 0.6) is 11.5 Å². The van der Waals surface area contributed by atoms with Crippen molar-refractivity contribution >= 4 is 23.2 Å². The summed E-state index contributed by atoms with van der Waals surface area (Å²) in [5.74, 6) is 2.38. The van der Waals surface area contributed by atoms with E-state index in [9.17, 15) is 4.79 Å². The summed E-state index contributed by atoms with van der Waals surface area (Å²) in [7, 11) is 5.03. The molecule has 2 heterocycles. The summed E-state index contributed by atoms with van der Waals surface area (Å²) in [4.78, 5) is 20.1. The molecular formula is C22H30N4O3S. The Kier molecular flexibility index (Phi) is 7.96.